The van der Waals surface area contributed by atoms with Crippen LogP contribution in [0.15, 0.2) is 24.3 Å². The zero-order chi connectivity index (χ0) is 23.1. The average molecular weight is 475 g/mol. The molecule has 7 nitrogen and oxygen atoms in total. The van der Waals surface area contributed by atoms with Crippen molar-refractivity contribution in [2.45, 2.75) is 46.5 Å². The molecule has 0 aliphatic carbocycles. The fourth-order valence-electron chi connectivity index (χ4n) is 3.30. The van der Waals surface area contributed by atoms with Crippen molar-refractivity contribution in [2.24, 2.45) is 0 Å². The number of anilines is 1. The van der Waals surface area contributed by atoms with E-state index >= 15 is 0 Å². The van der Waals surface area contributed by atoms with Gasteiger partial charge in [-0.1, -0.05) is 19.1 Å². The zero-order valence-corrected chi connectivity index (χ0v) is 20.0. The van der Waals surface area contributed by atoms with E-state index in [-0.39, 0.29) is 13.0 Å². The smallest absolute Gasteiger partial charge is 0.341 e. The molecule has 0 spiro atoms. The van der Waals surface area contributed by atoms with E-state index in [1.54, 1.807) is 18.3 Å². The molecule has 1 amide bonds. The number of aryl methyl sites for hydroxylation is 2. The first-order valence-corrected chi connectivity index (χ1v) is 12.2. The predicted molar refractivity (Wildman–Crippen MR) is 127 cm³/mol. The van der Waals surface area contributed by atoms with Gasteiger partial charge < -0.3 is 14.8 Å². The molecule has 0 aliphatic heterocycles. The molecule has 0 bridgehead atoms. The van der Waals surface area contributed by atoms with Gasteiger partial charge in [0.2, 0.25) is 0 Å². The summed E-state index contributed by atoms with van der Waals surface area (Å²) in [6, 6.07) is 7.91. The van der Waals surface area contributed by atoms with Crippen molar-refractivity contribution in [3.05, 3.63) is 45.3 Å². The molecule has 0 saturated heterocycles. The second-order valence-electron chi connectivity index (χ2n) is 7.05. The Hall–Kier alpha value is -2.78. The van der Waals surface area contributed by atoms with E-state index in [4.69, 9.17) is 9.47 Å². The van der Waals surface area contributed by atoms with Gasteiger partial charge in [-0.25, -0.2) is 9.78 Å². The maximum atomic E-state index is 12.3. The third kappa shape index (κ3) is 5.92. The van der Waals surface area contributed by atoms with Crippen LogP contribution in [0.3, 0.4) is 0 Å². The number of fused-ring (bicyclic) bond motifs is 1. The first-order chi connectivity index (χ1) is 15.4. The zero-order valence-electron chi connectivity index (χ0n) is 18.4. The van der Waals surface area contributed by atoms with Crippen LogP contribution in [0.5, 0.6) is 0 Å². The van der Waals surface area contributed by atoms with Crippen molar-refractivity contribution < 1.29 is 23.9 Å². The third-order valence-corrected chi connectivity index (χ3v) is 6.93. The monoisotopic (exact) mass is 474 g/mol. The molecule has 0 radical (unpaired) electrons. The summed E-state index contributed by atoms with van der Waals surface area (Å²) in [4.78, 5) is 42.2. The van der Waals surface area contributed by atoms with E-state index in [0.29, 0.717) is 29.8 Å². The van der Waals surface area contributed by atoms with Gasteiger partial charge in [-0.2, -0.15) is 0 Å². The largest absolute Gasteiger partial charge is 0.462 e. The maximum absolute atomic E-state index is 12.3. The molecule has 0 saturated carbocycles. The molecule has 1 aromatic carbocycles. The number of nitrogens with zero attached hydrogens (tertiary/aromatic N) is 1. The molecule has 0 aliphatic rings. The lowest BCUT2D eigenvalue weighted by Crippen LogP contribution is -2.21. The summed E-state index contributed by atoms with van der Waals surface area (Å²) >= 11 is 2.93. The van der Waals surface area contributed by atoms with Crippen LogP contribution in [0, 0.1) is 6.92 Å². The van der Waals surface area contributed by atoms with Gasteiger partial charge in [-0.05, 0) is 50.8 Å². The van der Waals surface area contributed by atoms with Gasteiger partial charge >= 0.3 is 11.9 Å². The summed E-state index contributed by atoms with van der Waals surface area (Å²) in [5.41, 5.74) is 2.20. The van der Waals surface area contributed by atoms with Gasteiger partial charge in [-0.3, -0.25) is 9.59 Å². The Bertz CT molecular complexity index is 1090. The van der Waals surface area contributed by atoms with Gasteiger partial charge in [0.1, 0.15) is 5.00 Å². The number of ether oxygens (including phenoxy) is 2. The lowest BCUT2D eigenvalue weighted by Gasteiger charge is -2.08. The minimum Gasteiger partial charge on any atom is -0.462 e. The molecule has 2 heterocycles. The molecule has 0 atom stereocenters. The Balaban J connectivity index is 1.48. The van der Waals surface area contributed by atoms with Crippen LogP contribution < -0.4 is 5.32 Å². The lowest BCUT2D eigenvalue weighted by atomic mass is 10.1. The quantitative estimate of drug-likeness (QED) is 0.420. The van der Waals surface area contributed by atoms with Crippen molar-refractivity contribution in [1.82, 2.24) is 4.98 Å². The fraction of sp³-hybridized carbons (Fsp3) is 0.391. The topological polar surface area (TPSA) is 94.6 Å². The van der Waals surface area contributed by atoms with Gasteiger partial charge in [0, 0.05) is 11.3 Å². The number of thiophene rings is 1. The molecule has 3 rings (SSSR count). The average Bonchev–Trinajstić information content (AvgIpc) is 3.32. The number of nitrogens with one attached hydrogen (secondary N) is 1. The maximum Gasteiger partial charge on any atom is 0.341 e. The van der Waals surface area contributed by atoms with Crippen molar-refractivity contribution in [3.8, 4) is 0 Å². The van der Waals surface area contributed by atoms with Gasteiger partial charge in [0.25, 0.3) is 5.91 Å². The highest BCUT2D eigenvalue weighted by molar-refractivity contribution is 7.18. The Labute approximate surface area is 194 Å². The number of esters is 2. The second kappa shape index (κ2) is 11.2. The molecule has 1 N–H and O–H groups in total. The van der Waals surface area contributed by atoms with E-state index in [1.165, 1.54) is 11.3 Å². The van der Waals surface area contributed by atoms with Gasteiger partial charge in [0.05, 0.1) is 27.4 Å². The highest BCUT2D eigenvalue weighted by atomic mass is 32.1. The first kappa shape index (κ1) is 23.9. The third-order valence-electron chi connectivity index (χ3n) is 4.77. The Morgan fingerprint density at radius 2 is 1.88 bits per heavy atom. The molecule has 170 valence electrons. The highest BCUT2D eigenvalue weighted by Gasteiger charge is 2.23. The van der Waals surface area contributed by atoms with Crippen molar-refractivity contribution in [2.75, 3.05) is 18.5 Å². The van der Waals surface area contributed by atoms with E-state index in [1.807, 2.05) is 38.1 Å². The van der Waals surface area contributed by atoms with Crippen LogP contribution in [0.1, 0.15) is 52.5 Å². The number of rotatable bonds is 10. The minimum atomic E-state index is -0.487. The Morgan fingerprint density at radius 3 is 2.59 bits per heavy atom. The van der Waals surface area contributed by atoms with Crippen LogP contribution in [-0.4, -0.2) is 36.0 Å². The summed E-state index contributed by atoms with van der Waals surface area (Å²) in [7, 11) is 0. The molecule has 32 heavy (non-hydrogen) atoms. The molecular weight excluding hydrogens is 448 g/mol. The molecular formula is C23H26N2O5S2. The summed E-state index contributed by atoms with van der Waals surface area (Å²) in [6.45, 7) is 5.42. The number of para-hydroxylation sites is 1. The van der Waals surface area contributed by atoms with Crippen molar-refractivity contribution in [1.29, 1.82) is 0 Å². The standard InChI is InChI=1S/C23H26N2O5S2/c1-4-15-14(3)31-22(21(15)23(28)29-5-2)25-18(26)13-30-20(27)12-8-11-19-24-16-9-6-7-10-17(16)32-19/h6-7,9-10H,4-5,8,11-13H2,1-3H3,(H,25,26). The molecule has 0 fully saturated rings. The normalized spacial score (nSPS) is 10.8. The highest BCUT2D eigenvalue weighted by Crippen LogP contribution is 2.34. The molecule has 2 aromatic heterocycles. The number of thiazole rings is 1. The first-order valence-electron chi connectivity index (χ1n) is 10.5. The Kier molecular flexibility index (Phi) is 8.35. The number of carbonyl (C=O) groups is 3. The Morgan fingerprint density at radius 1 is 1.09 bits per heavy atom. The minimum absolute atomic E-state index is 0.204. The predicted octanol–water partition coefficient (Wildman–Crippen LogP) is 4.91. The summed E-state index contributed by atoms with van der Waals surface area (Å²) in [5.74, 6) is -1.39. The summed E-state index contributed by atoms with van der Waals surface area (Å²) in [6.07, 6.45) is 2.13. The van der Waals surface area contributed by atoms with E-state index < -0.39 is 24.5 Å². The second-order valence-corrected chi connectivity index (χ2v) is 9.39. The number of aromatic nitrogens is 1. The molecule has 0 unspecified atom stereocenters. The molecule has 3 aromatic rings. The van der Waals surface area contributed by atoms with Crippen LogP contribution >= 0.6 is 22.7 Å². The number of amides is 1. The van der Waals surface area contributed by atoms with Crippen molar-refractivity contribution >= 4 is 55.7 Å². The van der Waals surface area contributed by atoms with Gasteiger partial charge in [0.15, 0.2) is 6.61 Å². The van der Waals surface area contributed by atoms with E-state index in [2.05, 4.69) is 10.3 Å². The lowest BCUT2D eigenvalue weighted by molar-refractivity contribution is -0.147. The summed E-state index contributed by atoms with van der Waals surface area (Å²) < 4.78 is 11.4. The number of carbonyl (C=O) groups excluding carboxylic acids is 3. The van der Waals surface area contributed by atoms with Crippen LogP contribution in [-0.2, 0) is 31.9 Å². The van der Waals surface area contributed by atoms with Crippen LogP contribution in [0.4, 0.5) is 5.00 Å². The van der Waals surface area contributed by atoms with E-state index in [9.17, 15) is 14.4 Å². The van der Waals surface area contributed by atoms with E-state index in [0.717, 1.165) is 25.7 Å². The van der Waals surface area contributed by atoms with Crippen LogP contribution in [0.2, 0.25) is 0 Å². The van der Waals surface area contributed by atoms with Crippen molar-refractivity contribution in [3.63, 3.8) is 0 Å². The molecule has 9 heteroatoms. The summed E-state index contributed by atoms with van der Waals surface area (Å²) in [5, 5.41) is 4.09. The van der Waals surface area contributed by atoms with Crippen LogP contribution in [0.25, 0.3) is 10.2 Å². The number of hydrogen-bond acceptors (Lipinski definition) is 8. The fourth-order valence-corrected chi connectivity index (χ4v) is 5.46. The number of hydrogen-bond donors (Lipinski definition) is 1. The van der Waals surface area contributed by atoms with Gasteiger partial charge in [-0.15, -0.1) is 22.7 Å². The number of benzene rings is 1. The SMILES string of the molecule is CCOC(=O)c1c(NC(=O)COC(=O)CCCc2nc3ccccc3s2)sc(C)c1CC.